The van der Waals surface area contributed by atoms with E-state index in [0.29, 0.717) is 43.6 Å². The van der Waals surface area contributed by atoms with Crippen molar-refractivity contribution in [3.63, 3.8) is 0 Å². The molecule has 178 valence electrons. The van der Waals surface area contributed by atoms with Crippen molar-refractivity contribution in [3.8, 4) is 11.5 Å². The van der Waals surface area contributed by atoms with Crippen molar-refractivity contribution in [1.29, 1.82) is 0 Å². The summed E-state index contributed by atoms with van der Waals surface area (Å²) in [6.07, 6.45) is 1.83. The highest BCUT2D eigenvalue weighted by Gasteiger charge is 2.15. The van der Waals surface area contributed by atoms with Gasteiger partial charge in [-0.2, -0.15) is 8.78 Å². The normalized spacial score (nSPS) is 11.1. The first-order chi connectivity index (χ1) is 15.1. The smallest absolute Gasteiger partial charge is 0.387 e. The van der Waals surface area contributed by atoms with Gasteiger partial charge in [-0.15, -0.1) is 24.0 Å². The molecule has 0 radical (unpaired) electrons. The molecule has 0 saturated heterocycles. The Kier molecular flexibility index (Phi) is 14.4. The van der Waals surface area contributed by atoms with Gasteiger partial charge in [0.05, 0.1) is 13.2 Å². The second kappa shape index (κ2) is 16.5. The second-order valence-electron chi connectivity index (χ2n) is 6.65. The number of rotatable bonds is 13. The standard InChI is InChI=1S/C23H31F2N3O3.HI/c1-3-30-20-13-9-12-19(21(20)31-22(24)25)16-28-23(26-2)27-14-7-8-15-29-17-18-10-5-4-6-11-18;/h4-6,9-13,22H,3,7-8,14-17H2,1-2H3,(H2,26,27,28);1H. The maximum Gasteiger partial charge on any atom is 0.387 e. The topological polar surface area (TPSA) is 64.1 Å². The number of nitrogens with one attached hydrogen (secondary N) is 2. The van der Waals surface area contributed by atoms with Crippen molar-refractivity contribution in [2.75, 3.05) is 26.8 Å². The SMILES string of the molecule is CCOc1cccc(CNC(=NC)NCCCCOCc2ccccc2)c1OC(F)F.I. The summed E-state index contributed by atoms with van der Waals surface area (Å²) < 4.78 is 41.4. The first-order valence-electron chi connectivity index (χ1n) is 10.4. The summed E-state index contributed by atoms with van der Waals surface area (Å²) in [5.74, 6) is 0.911. The van der Waals surface area contributed by atoms with E-state index in [0.717, 1.165) is 18.4 Å². The fourth-order valence-corrected chi connectivity index (χ4v) is 2.89. The van der Waals surface area contributed by atoms with Gasteiger partial charge in [-0.3, -0.25) is 4.99 Å². The summed E-state index contributed by atoms with van der Waals surface area (Å²) in [5.41, 5.74) is 1.72. The molecular formula is C23H32F2IN3O3. The lowest BCUT2D eigenvalue weighted by molar-refractivity contribution is -0.0520. The Bertz CT molecular complexity index is 795. The summed E-state index contributed by atoms with van der Waals surface area (Å²) in [5, 5.41) is 6.33. The van der Waals surface area contributed by atoms with Crippen LogP contribution in [-0.2, 0) is 17.9 Å². The van der Waals surface area contributed by atoms with E-state index < -0.39 is 6.61 Å². The Hall–Kier alpha value is -2.14. The second-order valence-corrected chi connectivity index (χ2v) is 6.65. The van der Waals surface area contributed by atoms with Gasteiger partial charge in [0.25, 0.3) is 0 Å². The Morgan fingerprint density at radius 2 is 1.81 bits per heavy atom. The number of guanidine groups is 1. The average molecular weight is 563 g/mol. The van der Waals surface area contributed by atoms with Crippen molar-refractivity contribution in [2.24, 2.45) is 4.99 Å². The third kappa shape index (κ3) is 10.4. The Morgan fingerprint density at radius 3 is 2.50 bits per heavy atom. The molecule has 32 heavy (non-hydrogen) atoms. The minimum absolute atomic E-state index is 0. The maximum absolute atomic E-state index is 12.8. The minimum Gasteiger partial charge on any atom is -0.490 e. The van der Waals surface area contributed by atoms with E-state index in [1.807, 2.05) is 30.3 Å². The summed E-state index contributed by atoms with van der Waals surface area (Å²) in [6, 6.07) is 15.1. The van der Waals surface area contributed by atoms with E-state index in [2.05, 4.69) is 15.6 Å². The lowest BCUT2D eigenvalue weighted by atomic mass is 10.2. The molecule has 0 fully saturated rings. The van der Waals surface area contributed by atoms with Crippen LogP contribution >= 0.6 is 24.0 Å². The molecule has 0 spiro atoms. The molecule has 2 rings (SSSR count). The molecule has 2 N–H and O–H groups in total. The number of benzene rings is 2. The van der Waals surface area contributed by atoms with E-state index in [-0.39, 0.29) is 36.3 Å². The molecule has 6 nitrogen and oxygen atoms in total. The number of ether oxygens (including phenoxy) is 3. The van der Waals surface area contributed by atoms with Crippen molar-refractivity contribution >= 4 is 29.9 Å². The van der Waals surface area contributed by atoms with Gasteiger partial charge in [0, 0.05) is 32.3 Å². The number of nitrogens with zero attached hydrogens (tertiary/aromatic N) is 1. The highest BCUT2D eigenvalue weighted by molar-refractivity contribution is 14.0. The molecule has 0 aromatic heterocycles. The number of unbranched alkanes of at least 4 members (excludes halogenated alkanes) is 1. The van der Waals surface area contributed by atoms with Crippen LogP contribution in [0.5, 0.6) is 11.5 Å². The van der Waals surface area contributed by atoms with Crippen LogP contribution in [0.3, 0.4) is 0 Å². The molecule has 0 aliphatic rings. The number of alkyl halides is 2. The minimum atomic E-state index is -2.93. The molecule has 0 aliphatic carbocycles. The lowest BCUT2D eigenvalue weighted by Crippen LogP contribution is -2.37. The van der Waals surface area contributed by atoms with Gasteiger partial charge >= 0.3 is 6.61 Å². The molecule has 2 aromatic carbocycles. The zero-order valence-corrected chi connectivity index (χ0v) is 20.8. The molecule has 0 heterocycles. The first-order valence-corrected chi connectivity index (χ1v) is 10.4. The lowest BCUT2D eigenvalue weighted by Gasteiger charge is -2.17. The van der Waals surface area contributed by atoms with Gasteiger partial charge in [0.2, 0.25) is 0 Å². The molecule has 2 aromatic rings. The monoisotopic (exact) mass is 563 g/mol. The predicted octanol–water partition coefficient (Wildman–Crippen LogP) is 4.97. The fraction of sp³-hybridized carbons (Fsp3) is 0.435. The molecule has 9 heteroatoms. The first kappa shape index (κ1) is 27.9. The fourth-order valence-electron chi connectivity index (χ4n) is 2.89. The van der Waals surface area contributed by atoms with Gasteiger partial charge in [0.15, 0.2) is 17.5 Å². The van der Waals surface area contributed by atoms with Gasteiger partial charge < -0.3 is 24.8 Å². The number of hydrogen-bond donors (Lipinski definition) is 2. The Labute approximate surface area is 205 Å². The van der Waals surface area contributed by atoms with Crippen molar-refractivity contribution in [3.05, 3.63) is 59.7 Å². The molecule has 0 unspecified atom stereocenters. The van der Waals surface area contributed by atoms with Crippen LogP contribution < -0.4 is 20.1 Å². The summed E-state index contributed by atoms with van der Waals surface area (Å²) in [7, 11) is 1.66. The van der Waals surface area contributed by atoms with E-state index >= 15 is 0 Å². The van der Waals surface area contributed by atoms with Gasteiger partial charge in [-0.25, -0.2) is 0 Å². The summed E-state index contributed by atoms with van der Waals surface area (Å²) >= 11 is 0. The van der Waals surface area contributed by atoms with E-state index in [9.17, 15) is 8.78 Å². The van der Waals surface area contributed by atoms with Crippen LogP contribution in [0.2, 0.25) is 0 Å². The molecule has 0 atom stereocenters. The van der Waals surface area contributed by atoms with Crippen molar-refractivity contribution in [1.82, 2.24) is 10.6 Å². The Morgan fingerprint density at radius 1 is 1.03 bits per heavy atom. The number of hydrogen-bond acceptors (Lipinski definition) is 4. The van der Waals surface area contributed by atoms with Gasteiger partial charge in [0.1, 0.15) is 0 Å². The van der Waals surface area contributed by atoms with Crippen molar-refractivity contribution in [2.45, 2.75) is 39.5 Å². The third-order valence-electron chi connectivity index (χ3n) is 4.36. The van der Waals surface area contributed by atoms with E-state index in [1.54, 1.807) is 32.2 Å². The number of halogens is 3. The van der Waals surface area contributed by atoms with Crippen LogP contribution in [0.25, 0.3) is 0 Å². The Balaban J connectivity index is 0.00000512. The van der Waals surface area contributed by atoms with Gasteiger partial charge in [-0.1, -0.05) is 42.5 Å². The summed E-state index contributed by atoms with van der Waals surface area (Å²) in [6.45, 7) is 1.49. The number of aliphatic imine (C=N–C) groups is 1. The van der Waals surface area contributed by atoms with Gasteiger partial charge in [-0.05, 0) is 31.4 Å². The van der Waals surface area contributed by atoms with E-state index in [4.69, 9.17) is 14.2 Å². The predicted molar refractivity (Wildman–Crippen MR) is 133 cm³/mol. The maximum atomic E-state index is 12.8. The molecular weight excluding hydrogens is 531 g/mol. The zero-order chi connectivity index (χ0) is 22.3. The van der Waals surface area contributed by atoms with Crippen molar-refractivity contribution < 1.29 is 23.0 Å². The molecule has 0 amide bonds. The quantitative estimate of drug-likeness (QED) is 0.156. The molecule has 0 saturated carbocycles. The van der Waals surface area contributed by atoms with Crippen LogP contribution in [0.1, 0.15) is 30.9 Å². The average Bonchev–Trinajstić information content (AvgIpc) is 2.77. The zero-order valence-electron chi connectivity index (χ0n) is 18.5. The van der Waals surface area contributed by atoms with Crippen LogP contribution in [0.15, 0.2) is 53.5 Å². The molecule has 0 bridgehead atoms. The highest BCUT2D eigenvalue weighted by atomic mass is 127. The molecule has 0 aliphatic heterocycles. The van der Waals surface area contributed by atoms with Crippen LogP contribution in [0, 0.1) is 0 Å². The number of para-hydroxylation sites is 1. The van der Waals surface area contributed by atoms with Crippen LogP contribution in [-0.4, -0.2) is 39.4 Å². The largest absolute Gasteiger partial charge is 0.490 e. The third-order valence-corrected chi connectivity index (χ3v) is 4.36. The highest BCUT2D eigenvalue weighted by Crippen LogP contribution is 2.32. The van der Waals surface area contributed by atoms with E-state index in [1.165, 1.54) is 0 Å². The van der Waals surface area contributed by atoms with Crippen LogP contribution in [0.4, 0.5) is 8.78 Å². The summed E-state index contributed by atoms with van der Waals surface area (Å²) in [4.78, 5) is 4.17.